The highest BCUT2D eigenvalue weighted by Crippen LogP contribution is 2.35. The van der Waals surface area contributed by atoms with Crippen molar-refractivity contribution >= 4 is 23.3 Å². The Hall–Kier alpha value is -3.95. The van der Waals surface area contributed by atoms with Gasteiger partial charge in [-0.15, -0.1) is 5.10 Å². The van der Waals surface area contributed by atoms with Crippen molar-refractivity contribution in [3.05, 3.63) is 82.8 Å². The number of ether oxygens (including phenoxy) is 1. The van der Waals surface area contributed by atoms with Gasteiger partial charge in [0.05, 0.1) is 35.5 Å². The van der Waals surface area contributed by atoms with Gasteiger partial charge >= 0.3 is 12.1 Å². The molecule has 2 aliphatic rings. The molecule has 2 aliphatic heterocycles. The fraction of sp³-hybridized carbons (Fsp3) is 0.296. The number of aromatic carboxylic acids is 1. The lowest BCUT2D eigenvalue weighted by Crippen LogP contribution is -2.32. The Kier molecular flexibility index (Phi) is 7.47. The van der Waals surface area contributed by atoms with Crippen LogP contribution >= 0.6 is 0 Å². The molecule has 0 fully saturated rings. The molecule has 2 aromatic rings. The van der Waals surface area contributed by atoms with E-state index in [4.69, 9.17) is 4.74 Å². The van der Waals surface area contributed by atoms with Crippen LogP contribution in [0.1, 0.15) is 47.7 Å². The Bertz CT molecular complexity index is 1330. The van der Waals surface area contributed by atoms with Gasteiger partial charge in [-0.25, -0.2) is 14.2 Å². The highest BCUT2D eigenvalue weighted by Gasteiger charge is 2.31. The molecule has 1 atom stereocenters. The van der Waals surface area contributed by atoms with Crippen LogP contribution in [0.2, 0.25) is 0 Å². The van der Waals surface area contributed by atoms with Crippen LogP contribution in [0.25, 0.3) is 5.70 Å². The Balaban J connectivity index is 1.78. The summed E-state index contributed by atoms with van der Waals surface area (Å²) < 4.78 is 58.1. The van der Waals surface area contributed by atoms with Crippen LogP contribution in [0.4, 0.5) is 17.6 Å². The maximum absolute atomic E-state index is 13.7. The van der Waals surface area contributed by atoms with Crippen molar-refractivity contribution in [2.24, 2.45) is 16.0 Å². The van der Waals surface area contributed by atoms with Crippen molar-refractivity contribution in [3.63, 3.8) is 0 Å². The molecule has 1 unspecified atom stereocenters. The number of allylic oxidation sites excluding steroid dienone is 3. The van der Waals surface area contributed by atoms with E-state index in [1.54, 1.807) is 30.1 Å². The predicted molar refractivity (Wildman–Crippen MR) is 132 cm³/mol. The van der Waals surface area contributed by atoms with Gasteiger partial charge in [0.2, 0.25) is 5.90 Å². The summed E-state index contributed by atoms with van der Waals surface area (Å²) in [6, 6.07) is 10.4. The Labute approximate surface area is 211 Å². The van der Waals surface area contributed by atoms with Gasteiger partial charge in [-0.2, -0.15) is 13.2 Å². The van der Waals surface area contributed by atoms with Crippen molar-refractivity contribution in [2.45, 2.75) is 39.3 Å². The molecule has 2 heterocycles. The lowest BCUT2D eigenvalue weighted by Gasteiger charge is -2.30. The first kappa shape index (κ1) is 26.1. The third-order valence-corrected chi connectivity index (χ3v) is 5.89. The molecular weight excluding hydrogens is 490 g/mol. The molecule has 2 aromatic carbocycles. The molecule has 1 N–H and O–H groups in total. The molecule has 0 saturated heterocycles. The summed E-state index contributed by atoms with van der Waals surface area (Å²) in [4.78, 5) is 15.8. The maximum atomic E-state index is 13.7. The van der Waals surface area contributed by atoms with Crippen molar-refractivity contribution in [1.82, 2.24) is 5.01 Å². The zero-order valence-corrected chi connectivity index (χ0v) is 20.2. The second-order valence-electron chi connectivity index (χ2n) is 8.92. The van der Waals surface area contributed by atoms with Crippen molar-refractivity contribution in [1.29, 1.82) is 0 Å². The number of hydrogen-bond acceptors (Lipinski definition) is 5. The fourth-order valence-corrected chi connectivity index (χ4v) is 4.11. The zero-order chi connectivity index (χ0) is 26.7. The zero-order valence-electron chi connectivity index (χ0n) is 20.2. The van der Waals surface area contributed by atoms with E-state index in [1.807, 2.05) is 19.1 Å². The van der Waals surface area contributed by atoms with E-state index >= 15 is 0 Å². The normalized spacial score (nSPS) is 19.0. The average Bonchev–Trinajstić information content (AvgIpc) is 2.97. The number of fused-ring (bicyclic) bond motifs is 1. The van der Waals surface area contributed by atoms with Crippen LogP contribution in [0.3, 0.4) is 0 Å². The molecular formula is C27H25F4N3O3. The number of benzene rings is 2. The first-order valence-electron chi connectivity index (χ1n) is 11.7. The second-order valence-corrected chi connectivity index (χ2v) is 8.92. The van der Waals surface area contributed by atoms with E-state index in [0.29, 0.717) is 34.7 Å². The number of aryl methyl sites for hydroxylation is 1. The van der Waals surface area contributed by atoms with Crippen LogP contribution < -0.4 is 4.74 Å². The van der Waals surface area contributed by atoms with E-state index in [9.17, 15) is 27.5 Å². The molecule has 0 amide bonds. The summed E-state index contributed by atoms with van der Waals surface area (Å²) in [5.74, 6) is -1.18. The number of nitrogens with zero attached hydrogens (tertiary/aromatic N) is 3. The number of carbonyl (C=O) groups is 1. The number of hydrazone groups is 1. The number of halogens is 4. The summed E-state index contributed by atoms with van der Waals surface area (Å²) in [7, 11) is 0. The smallest absolute Gasteiger partial charge is 0.390 e. The summed E-state index contributed by atoms with van der Waals surface area (Å²) in [6.07, 6.45) is -0.975. The maximum Gasteiger partial charge on any atom is 0.390 e. The molecule has 6 nitrogen and oxygen atoms in total. The van der Waals surface area contributed by atoms with E-state index in [2.05, 4.69) is 10.1 Å². The third kappa shape index (κ3) is 6.44. The Morgan fingerprint density at radius 1 is 1.22 bits per heavy atom. The quantitative estimate of drug-likeness (QED) is 0.456. The molecule has 0 aliphatic carbocycles. The minimum absolute atomic E-state index is 0.0232. The molecule has 0 aromatic heterocycles. The lowest BCUT2D eigenvalue weighted by atomic mass is 10.0. The average molecular weight is 516 g/mol. The molecule has 4 rings (SSSR count). The highest BCUT2D eigenvalue weighted by atomic mass is 19.4. The largest absolute Gasteiger partial charge is 0.478 e. The van der Waals surface area contributed by atoms with Crippen LogP contribution in [0.5, 0.6) is 5.75 Å². The molecule has 37 heavy (non-hydrogen) atoms. The van der Waals surface area contributed by atoms with Gasteiger partial charge in [0, 0.05) is 18.2 Å². The van der Waals surface area contributed by atoms with Gasteiger partial charge in [-0.05, 0) is 49.1 Å². The third-order valence-electron chi connectivity index (χ3n) is 5.89. The Morgan fingerprint density at radius 2 is 2.00 bits per heavy atom. The molecule has 0 radical (unpaired) electrons. The number of rotatable bonds is 5. The van der Waals surface area contributed by atoms with Crippen molar-refractivity contribution in [2.75, 3.05) is 6.54 Å². The first-order chi connectivity index (χ1) is 17.5. The van der Waals surface area contributed by atoms with Gasteiger partial charge in [-0.3, -0.25) is 4.99 Å². The standard InChI is InChI=1S/C27H25F4N3O3/c1-16-6-9-23-22(32-11-10-27(29,30)31)15-25(37-20-5-3-4-19(28)14-20)33-34(23)24(12-16)18-7-8-21(26(35)36)17(2)13-18/h3-5,7-9,12-14,16H,6,10-11,15H2,1-2H3,(H,35,36). The minimum Gasteiger partial charge on any atom is -0.478 e. The van der Waals surface area contributed by atoms with E-state index in [-0.39, 0.29) is 29.5 Å². The summed E-state index contributed by atoms with van der Waals surface area (Å²) in [6.45, 7) is 3.22. The van der Waals surface area contributed by atoms with Gasteiger partial charge in [-0.1, -0.05) is 31.2 Å². The number of hydrogen-bond donors (Lipinski definition) is 1. The summed E-state index contributed by atoms with van der Waals surface area (Å²) >= 11 is 0. The molecule has 10 heteroatoms. The Morgan fingerprint density at radius 3 is 2.68 bits per heavy atom. The first-order valence-corrected chi connectivity index (χ1v) is 11.7. The van der Waals surface area contributed by atoms with Crippen LogP contribution in [0, 0.1) is 18.7 Å². The van der Waals surface area contributed by atoms with Gasteiger partial charge in [0.1, 0.15) is 11.6 Å². The van der Waals surface area contributed by atoms with Crippen molar-refractivity contribution in [3.8, 4) is 5.75 Å². The molecule has 0 saturated carbocycles. The van der Waals surface area contributed by atoms with Gasteiger partial charge < -0.3 is 9.84 Å². The predicted octanol–water partition coefficient (Wildman–Crippen LogP) is 6.59. The lowest BCUT2D eigenvalue weighted by molar-refractivity contribution is -0.132. The minimum atomic E-state index is -4.35. The van der Waals surface area contributed by atoms with E-state index < -0.39 is 30.9 Å². The fourth-order valence-electron chi connectivity index (χ4n) is 4.11. The second kappa shape index (κ2) is 10.6. The molecule has 0 spiro atoms. The summed E-state index contributed by atoms with van der Waals surface area (Å²) in [5, 5.41) is 15.6. The number of aliphatic imine (C=N–C) groups is 1. The molecule has 194 valence electrons. The van der Waals surface area contributed by atoms with Crippen LogP contribution in [-0.2, 0) is 0 Å². The number of carboxylic acids is 1. The number of alkyl halides is 3. The van der Waals surface area contributed by atoms with E-state index in [0.717, 1.165) is 0 Å². The highest BCUT2D eigenvalue weighted by molar-refractivity contribution is 6.13. The monoisotopic (exact) mass is 515 g/mol. The molecule has 0 bridgehead atoms. The summed E-state index contributed by atoms with van der Waals surface area (Å²) in [5.41, 5.74) is 2.89. The number of carboxylic acid groups (broad SMARTS) is 1. The topological polar surface area (TPSA) is 74.5 Å². The SMILES string of the molecule is Cc1cc(C2=CC(C)CC=C3C(=NCCC(F)(F)F)CC(Oc4cccc(F)c4)=NN32)ccc1C(=O)O. The van der Waals surface area contributed by atoms with Crippen LogP contribution in [-0.4, -0.2) is 40.4 Å². The van der Waals surface area contributed by atoms with Gasteiger partial charge in [0.15, 0.2) is 0 Å². The van der Waals surface area contributed by atoms with E-state index in [1.165, 1.54) is 24.3 Å². The van der Waals surface area contributed by atoms with Crippen LogP contribution in [0.15, 0.2) is 70.4 Å². The van der Waals surface area contributed by atoms with Crippen molar-refractivity contribution < 1.29 is 32.2 Å². The van der Waals surface area contributed by atoms with Gasteiger partial charge in [0.25, 0.3) is 0 Å².